The van der Waals surface area contributed by atoms with Gasteiger partial charge in [-0.3, -0.25) is 0 Å². The number of rotatable bonds is 4. The third-order valence-electron chi connectivity index (χ3n) is 3.79. The second kappa shape index (κ2) is 6.55. The van der Waals surface area contributed by atoms with E-state index in [0.29, 0.717) is 18.9 Å². The minimum absolute atomic E-state index is 0.00400. The highest BCUT2D eigenvalue weighted by molar-refractivity contribution is 7.89. The van der Waals surface area contributed by atoms with Gasteiger partial charge in [-0.1, -0.05) is 12.5 Å². The van der Waals surface area contributed by atoms with E-state index >= 15 is 0 Å². The summed E-state index contributed by atoms with van der Waals surface area (Å²) in [5.74, 6) is 0.00400. The number of aliphatic hydroxyl groups is 1. The fourth-order valence-corrected chi connectivity index (χ4v) is 3.76. The SMILES string of the molecule is O=S(=O)(NCC1CCCC(O)C1)c1cccc(C(F)(F)F)c1. The number of sulfonamides is 1. The summed E-state index contributed by atoms with van der Waals surface area (Å²) in [5, 5.41) is 9.55. The Morgan fingerprint density at radius 1 is 1.27 bits per heavy atom. The molecule has 0 saturated heterocycles. The van der Waals surface area contributed by atoms with Crippen LogP contribution < -0.4 is 4.72 Å². The van der Waals surface area contributed by atoms with Gasteiger partial charge in [-0.15, -0.1) is 0 Å². The number of alkyl halides is 3. The van der Waals surface area contributed by atoms with E-state index in [4.69, 9.17) is 0 Å². The van der Waals surface area contributed by atoms with Crippen molar-refractivity contribution < 1.29 is 26.7 Å². The highest BCUT2D eigenvalue weighted by Gasteiger charge is 2.31. The molecule has 22 heavy (non-hydrogen) atoms. The molecule has 0 spiro atoms. The molecule has 0 amide bonds. The van der Waals surface area contributed by atoms with Crippen molar-refractivity contribution in [3.05, 3.63) is 29.8 Å². The summed E-state index contributed by atoms with van der Waals surface area (Å²) in [6.45, 7) is 0.121. The smallest absolute Gasteiger partial charge is 0.393 e. The van der Waals surface area contributed by atoms with Gasteiger partial charge in [0.15, 0.2) is 0 Å². The third kappa shape index (κ3) is 4.44. The van der Waals surface area contributed by atoms with Crippen LogP contribution in [0.3, 0.4) is 0 Å². The number of hydrogen-bond acceptors (Lipinski definition) is 3. The number of aliphatic hydroxyl groups excluding tert-OH is 1. The second-order valence-corrected chi connectivity index (χ2v) is 7.33. The topological polar surface area (TPSA) is 66.4 Å². The van der Waals surface area contributed by atoms with Crippen LogP contribution in [-0.4, -0.2) is 26.2 Å². The largest absolute Gasteiger partial charge is 0.416 e. The second-order valence-electron chi connectivity index (χ2n) is 5.56. The van der Waals surface area contributed by atoms with Crippen LogP contribution in [0.5, 0.6) is 0 Å². The highest BCUT2D eigenvalue weighted by atomic mass is 32.2. The Morgan fingerprint density at radius 2 is 2.00 bits per heavy atom. The zero-order chi connectivity index (χ0) is 16.4. The van der Waals surface area contributed by atoms with Gasteiger partial charge in [-0.25, -0.2) is 13.1 Å². The van der Waals surface area contributed by atoms with Gasteiger partial charge in [0.05, 0.1) is 16.6 Å². The molecule has 2 atom stereocenters. The summed E-state index contributed by atoms with van der Waals surface area (Å²) in [7, 11) is -3.99. The molecule has 8 heteroatoms. The third-order valence-corrected chi connectivity index (χ3v) is 5.21. The quantitative estimate of drug-likeness (QED) is 0.887. The molecule has 4 nitrogen and oxygen atoms in total. The molecule has 1 aromatic rings. The van der Waals surface area contributed by atoms with E-state index in [0.717, 1.165) is 31.0 Å². The first-order valence-electron chi connectivity index (χ1n) is 7.03. The molecule has 1 aromatic carbocycles. The Hall–Kier alpha value is -1.12. The van der Waals surface area contributed by atoms with E-state index in [1.165, 1.54) is 0 Å². The minimum atomic E-state index is -4.58. The van der Waals surface area contributed by atoms with Crippen LogP contribution in [-0.2, 0) is 16.2 Å². The van der Waals surface area contributed by atoms with E-state index in [1.807, 2.05) is 0 Å². The lowest BCUT2D eigenvalue weighted by molar-refractivity contribution is -0.137. The molecule has 0 aromatic heterocycles. The van der Waals surface area contributed by atoms with E-state index in [2.05, 4.69) is 4.72 Å². The molecule has 1 aliphatic rings. The summed E-state index contributed by atoms with van der Waals surface area (Å²) < 4.78 is 64.4. The summed E-state index contributed by atoms with van der Waals surface area (Å²) in [4.78, 5) is -0.404. The molecule has 0 bridgehead atoms. The van der Waals surface area contributed by atoms with Crippen molar-refractivity contribution in [2.24, 2.45) is 5.92 Å². The van der Waals surface area contributed by atoms with Gasteiger partial charge in [0.25, 0.3) is 0 Å². The first-order valence-corrected chi connectivity index (χ1v) is 8.52. The number of benzene rings is 1. The maximum atomic E-state index is 12.6. The van der Waals surface area contributed by atoms with Crippen molar-refractivity contribution in [1.29, 1.82) is 0 Å². The molecule has 124 valence electrons. The first kappa shape index (κ1) is 17.2. The van der Waals surface area contributed by atoms with Crippen molar-refractivity contribution in [3.8, 4) is 0 Å². The summed E-state index contributed by atoms with van der Waals surface area (Å²) in [5.41, 5.74) is -0.997. The first-order chi connectivity index (χ1) is 10.2. The van der Waals surface area contributed by atoms with Crippen molar-refractivity contribution in [2.75, 3.05) is 6.54 Å². The highest BCUT2D eigenvalue weighted by Crippen LogP contribution is 2.30. The van der Waals surface area contributed by atoms with Crippen LogP contribution in [0.1, 0.15) is 31.2 Å². The number of hydrogen-bond donors (Lipinski definition) is 2. The van der Waals surface area contributed by atoms with Gasteiger partial charge in [0.1, 0.15) is 0 Å². The van der Waals surface area contributed by atoms with Crippen molar-refractivity contribution >= 4 is 10.0 Å². The molecule has 2 unspecified atom stereocenters. The molecule has 0 radical (unpaired) electrons. The van der Waals surface area contributed by atoms with Gasteiger partial charge >= 0.3 is 6.18 Å². The Balaban J connectivity index is 2.07. The van der Waals surface area contributed by atoms with Gasteiger partial charge in [-0.05, 0) is 43.4 Å². The van der Waals surface area contributed by atoms with Crippen molar-refractivity contribution in [1.82, 2.24) is 4.72 Å². The van der Waals surface area contributed by atoms with Crippen molar-refractivity contribution in [2.45, 2.75) is 42.9 Å². The molecule has 1 fully saturated rings. The summed E-state index contributed by atoms with van der Waals surface area (Å²) in [6, 6.07) is 3.66. The zero-order valence-corrected chi connectivity index (χ0v) is 12.6. The predicted molar refractivity (Wildman–Crippen MR) is 74.6 cm³/mol. The Morgan fingerprint density at radius 3 is 2.64 bits per heavy atom. The average Bonchev–Trinajstić information content (AvgIpc) is 2.45. The van der Waals surface area contributed by atoms with Crippen LogP contribution in [0.4, 0.5) is 13.2 Å². The standard InChI is InChI=1S/C14H18F3NO3S/c15-14(16,17)11-4-2-6-13(8-11)22(20,21)18-9-10-3-1-5-12(19)7-10/h2,4,6,8,10,12,18-19H,1,3,5,7,9H2. The van der Waals surface area contributed by atoms with Crippen LogP contribution in [0.15, 0.2) is 29.2 Å². The van der Waals surface area contributed by atoms with Crippen LogP contribution in [0.25, 0.3) is 0 Å². The fraction of sp³-hybridized carbons (Fsp3) is 0.571. The normalized spacial score (nSPS) is 23.5. The molecule has 2 N–H and O–H groups in total. The van der Waals surface area contributed by atoms with Crippen LogP contribution in [0.2, 0.25) is 0 Å². The molecule has 1 aliphatic carbocycles. The lowest BCUT2D eigenvalue weighted by atomic mass is 9.87. The van der Waals surface area contributed by atoms with Gasteiger partial charge in [0, 0.05) is 6.54 Å². The maximum absolute atomic E-state index is 12.6. The molecular weight excluding hydrogens is 319 g/mol. The summed E-state index contributed by atoms with van der Waals surface area (Å²) >= 11 is 0. The number of halogens is 3. The van der Waals surface area contributed by atoms with E-state index in [-0.39, 0.29) is 12.5 Å². The lowest BCUT2D eigenvalue weighted by Crippen LogP contribution is -2.33. The van der Waals surface area contributed by atoms with Gasteiger partial charge < -0.3 is 5.11 Å². The fourth-order valence-electron chi connectivity index (χ4n) is 2.60. The molecule has 0 heterocycles. The van der Waals surface area contributed by atoms with Gasteiger partial charge in [-0.2, -0.15) is 13.2 Å². The lowest BCUT2D eigenvalue weighted by Gasteiger charge is -2.25. The van der Waals surface area contributed by atoms with Crippen LogP contribution >= 0.6 is 0 Å². The van der Waals surface area contributed by atoms with E-state index in [1.54, 1.807) is 0 Å². The van der Waals surface area contributed by atoms with E-state index in [9.17, 15) is 26.7 Å². The average molecular weight is 337 g/mol. The van der Waals surface area contributed by atoms with Crippen LogP contribution in [0, 0.1) is 5.92 Å². The number of nitrogens with one attached hydrogen (secondary N) is 1. The van der Waals surface area contributed by atoms with E-state index < -0.39 is 32.8 Å². The Bertz CT molecular complexity index is 616. The van der Waals surface area contributed by atoms with Crippen molar-refractivity contribution in [3.63, 3.8) is 0 Å². The zero-order valence-electron chi connectivity index (χ0n) is 11.8. The Labute approximate surface area is 127 Å². The molecular formula is C14H18F3NO3S. The predicted octanol–water partition coefficient (Wildman–Crippen LogP) is 2.53. The monoisotopic (exact) mass is 337 g/mol. The van der Waals surface area contributed by atoms with Gasteiger partial charge in [0.2, 0.25) is 10.0 Å². The minimum Gasteiger partial charge on any atom is -0.393 e. The molecule has 2 rings (SSSR count). The maximum Gasteiger partial charge on any atom is 0.416 e. The summed E-state index contributed by atoms with van der Waals surface area (Å²) in [6.07, 6.45) is -2.20. The molecule has 1 saturated carbocycles. The Kier molecular flexibility index (Phi) is 5.14. The molecule has 0 aliphatic heterocycles.